The van der Waals surface area contributed by atoms with Crippen LogP contribution in [0.15, 0.2) is 48.6 Å². The van der Waals surface area contributed by atoms with Gasteiger partial charge in [0, 0.05) is 32.2 Å². The number of benzene rings is 1. The number of aliphatic carboxylic acids is 1. The first kappa shape index (κ1) is 22.3. The van der Waals surface area contributed by atoms with E-state index in [1.165, 1.54) is 25.7 Å². The minimum Gasteiger partial charge on any atom is -0.480 e. The largest absolute Gasteiger partial charge is 0.480 e. The van der Waals surface area contributed by atoms with Gasteiger partial charge in [0.2, 0.25) is 0 Å². The molecule has 0 amide bonds. The molecule has 1 heterocycles. The molecule has 1 atom stereocenters. The number of nitrogens with zero attached hydrogens (tertiary/aromatic N) is 2. The summed E-state index contributed by atoms with van der Waals surface area (Å²) < 4.78 is 0. The van der Waals surface area contributed by atoms with Crippen molar-refractivity contribution in [3.05, 3.63) is 54.1 Å². The second kappa shape index (κ2) is 8.91. The van der Waals surface area contributed by atoms with Crippen LogP contribution in [0.1, 0.15) is 58.4 Å². The molecular weight excluding hydrogens is 384 g/mol. The third-order valence-electron chi connectivity index (χ3n) is 7.97. The molecule has 1 aromatic rings. The van der Waals surface area contributed by atoms with E-state index in [1.807, 2.05) is 30.4 Å². The van der Waals surface area contributed by atoms with E-state index >= 15 is 0 Å². The van der Waals surface area contributed by atoms with Crippen LogP contribution >= 0.6 is 0 Å². The Morgan fingerprint density at radius 1 is 1.00 bits per heavy atom. The SMILES string of the molecule is CC(C)(C)C1CCC(N2CCN(C3(C(=O)O)C=CC(c4ccccc4)=CC3)CC2)CC1. The van der Waals surface area contributed by atoms with Crippen molar-refractivity contribution in [2.75, 3.05) is 26.2 Å². The summed E-state index contributed by atoms with van der Waals surface area (Å²) in [6.45, 7) is 10.7. The molecule has 0 spiro atoms. The predicted molar refractivity (Wildman–Crippen MR) is 127 cm³/mol. The topological polar surface area (TPSA) is 43.8 Å². The minimum absolute atomic E-state index is 0.414. The van der Waals surface area contributed by atoms with Crippen molar-refractivity contribution in [1.29, 1.82) is 0 Å². The maximum atomic E-state index is 12.4. The predicted octanol–water partition coefficient (Wildman–Crippen LogP) is 5.08. The van der Waals surface area contributed by atoms with E-state index in [1.54, 1.807) is 0 Å². The van der Waals surface area contributed by atoms with E-state index in [2.05, 4.69) is 48.8 Å². The van der Waals surface area contributed by atoms with Gasteiger partial charge < -0.3 is 5.11 Å². The first-order valence-corrected chi connectivity index (χ1v) is 12.0. The maximum Gasteiger partial charge on any atom is 0.328 e. The number of carboxylic acids is 1. The Morgan fingerprint density at radius 2 is 1.65 bits per heavy atom. The molecule has 1 aliphatic heterocycles. The third kappa shape index (κ3) is 4.65. The lowest BCUT2D eigenvalue weighted by Gasteiger charge is -2.48. The third-order valence-corrected chi connectivity index (χ3v) is 7.97. The Morgan fingerprint density at radius 3 is 2.16 bits per heavy atom. The summed E-state index contributed by atoms with van der Waals surface area (Å²) in [6.07, 6.45) is 11.8. The number of hydrogen-bond donors (Lipinski definition) is 1. The van der Waals surface area contributed by atoms with E-state index in [0.717, 1.165) is 43.2 Å². The Bertz CT molecular complexity index is 823. The van der Waals surface area contributed by atoms with Gasteiger partial charge in [-0.15, -0.1) is 0 Å². The standard InChI is InChI=1S/C27H38N2O2/c1-26(2,3)23-9-11-24(12-10-23)28-17-19-29(20-18-28)27(25(30)31)15-13-22(14-16-27)21-7-5-4-6-8-21/h4-8,13-15,23-24H,9-12,16-20H2,1-3H3,(H,30,31). The van der Waals surface area contributed by atoms with Gasteiger partial charge >= 0.3 is 5.97 Å². The van der Waals surface area contributed by atoms with Gasteiger partial charge in [-0.25, -0.2) is 4.79 Å². The van der Waals surface area contributed by atoms with Crippen LogP contribution in [0.2, 0.25) is 0 Å². The lowest BCUT2D eigenvalue weighted by molar-refractivity contribution is -0.149. The molecule has 2 aliphatic carbocycles. The second-order valence-electron chi connectivity index (χ2n) is 10.7. The maximum absolute atomic E-state index is 12.4. The lowest BCUT2D eigenvalue weighted by atomic mass is 9.71. The Labute approximate surface area is 187 Å². The molecule has 1 saturated heterocycles. The van der Waals surface area contributed by atoms with E-state index in [-0.39, 0.29) is 0 Å². The molecule has 1 unspecified atom stereocenters. The fourth-order valence-electron chi connectivity index (χ4n) is 5.80. The molecule has 31 heavy (non-hydrogen) atoms. The van der Waals surface area contributed by atoms with Crippen molar-refractivity contribution in [3.63, 3.8) is 0 Å². The normalized spacial score (nSPS) is 30.7. The molecule has 0 aromatic heterocycles. The number of rotatable bonds is 4. The zero-order valence-electron chi connectivity index (χ0n) is 19.4. The van der Waals surface area contributed by atoms with E-state index < -0.39 is 11.5 Å². The van der Waals surface area contributed by atoms with Crippen molar-refractivity contribution in [1.82, 2.24) is 9.80 Å². The smallest absolute Gasteiger partial charge is 0.328 e. The fourth-order valence-corrected chi connectivity index (χ4v) is 5.80. The monoisotopic (exact) mass is 422 g/mol. The summed E-state index contributed by atoms with van der Waals surface area (Å²) >= 11 is 0. The quantitative estimate of drug-likeness (QED) is 0.735. The van der Waals surface area contributed by atoms with Crippen molar-refractivity contribution < 1.29 is 9.90 Å². The van der Waals surface area contributed by atoms with Crippen molar-refractivity contribution >= 4 is 11.5 Å². The van der Waals surface area contributed by atoms with Gasteiger partial charge in [0.15, 0.2) is 0 Å². The average molecular weight is 423 g/mol. The zero-order chi connectivity index (χ0) is 22.1. The summed E-state index contributed by atoms with van der Waals surface area (Å²) in [5.74, 6) is 0.101. The van der Waals surface area contributed by atoms with Gasteiger partial charge in [0.1, 0.15) is 5.54 Å². The van der Waals surface area contributed by atoms with Crippen LogP contribution < -0.4 is 0 Å². The molecule has 0 radical (unpaired) electrons. The Hall–Kier alpha value is -1.91. The van der Waals surface area contributed by atoms with Gasteiger partial charge in [-0.1, -0.05) is 69.3 Å². The van der Waals surface area contributed by atoms with Crippen LogP contribution in [0.5, 0.6) is 0 Å². The first-order chi connectivity index (χ1) is 14.8. The molecule has 1 aromatic carbocycles. The second-order valence-corrected chi connectivity index (χ2v) is 10.7. The van der Waals surface area contributed by atoms with Crippen LogP contribution in [0.25, 0.3) is 5.57 Å². The summed E-state index contributed by atoms with van der Waals surface area (Å²) in [4.78, 5) is 17.2. The summed E-state index contributed by atoms with van der Waals surface area (Å²) in [7, 11) is 0. The van der Waals surface area contributed by atoms with Gasteiger partial charge in [-0.3, -0.25) is 9.80 Å². The molecular formula is C27H38N2O2. The fraction of sp³-hybridized carbons (Fsp3) is 0.593. The molecule has 4 nitrogen and oxygen atoms in total. The minimum atomic E-state index is -0.908. The van der Waals surface area contributed by atoms with Crippen LogP contribution in [-0.2, 0) is 4.79 Å². The Balaban J connectivity index is 1.37. The molecule has 3 aliphatic rings. The average Bonchev–Trinajstić information content (AvgIpc) is 2.79. The van der Waals surface area contributed by atoms with Crippen LogP contribution in [-0.4, -0.2) is 58.6 Å². The highest BCUT2D eigenvalue weighted by Gasteiger charge is 2.44. The van der Waals surface area contributed by atoms with Crippen molar-refractivity contribution in [3.8, 4) is 0 Å². The van der Waals surface area contributed by atoms with Gasteiger partial charge in [0.05, 0.1) is 0 Å². The van der Waals surface area contributed by atoms with Crippen LogP contribution in [0.3, 0.4) is 0 Å². The zero-order valence-corrected chi connectivity index (χ0v) is 19.4. The molecule has 4 rings (SSSR count). The van der Waals surface area contributed by atoms with Gasteiger partial charge in [-0.05, 0) is 54.6 Å². The molecule has 4 heteroatoms. The highest BCUT2D eigenvalue weighted by molar-refractivity contribution is 5.86. The van der Waals surface area contributed by atoms with E-state index in [4.69, 9.17) is 0 Å². The van der Waals surface area contributed by atoms with Gasteiger partial charge in [0.25, 0.3) is 0 Å². The number of carboxylic acid groups (broad SMARTS) is 1. The van der Waals surface area contributed by atoms with Crippen LogP contribution in [0, 0.1) is 11.3 Å². The number of hydrogen-bond acceptors (Lipinski definition) is 3. The highest BCUT2D eigenvalue weighted by atomic mass is 16.4. The number of carbonyl (C=O) groups is 1. The Kier molecular flexibility index (Phi) is 6.41. The molecule has 1 N–H and O–H groups in total. The van der Waals surface area contributed by atoms with E-state index in [9.17, 15) is 9.90 Å². The highest BCUT2D eigenvalue weighted by Crippen LogP contribution is 2.39. The number of piperazine rings is 1. The van der Waals surface area contributed by atoms with Crippen molar-refractivity contribution in [2.24, 2.45) is 11.3 Å². The first-order valence-electron chi connectivity index (χ1n) is 12.0. The summed E-state index contributed by atoms with van der Waals surface area (Å²) in [5, 5.41) is 10.2. The summed E-state index contributed by atoms with van der Waals surface area (Å²) in [6, 6.07) is 10.9. The molecule has 0 bridgehead atoms. The van der Waals surface area contributed by atoms with Crippen LogP contribution in [0.4, 0.5) is 0 Å². The van der Waals surface area contributed by atoms with Crippen molar-refractivity contribution in [2.45, 2.75) is 64.5 Å². The molecule has 1 saturated carbocycles. The van der Waals surface area contributed by atoms with E-state index in [0.29, 0.717) is 17.9 Å². The van der Waals surface area contributed by atoms with Gasteiger partial charge in [-0.2, -0.15) is 0 Å². The number of allylic oxidation sites excluding steroid dienone is 2. The summed E-state index contributed by atoms with van der Waals surface area (Å²) in [5.41, 5.74) is 1.77. The molecule has 2 fully saturated rings. The lowest BCUT2D eigenvalue weighted by Crippen LogP contribution is -2.61. The molecule has 168 valence electrons.